The number of methoxy groups -OCH3 is 1. The van der Waals surface area contributed by atoms with E-state index < -0.39 is 0 Å². The SMILES string of the molecule is COc1ccc(C(=O)N2CCN(C)CC2)cc1NC(=O)CC1CSCCN1. The van der Waals surface area contributed by atoms with E-state index in [4.69, 9.17) is 4.74 Å². The molecule has 1 atom stereocenters. The number of likely N-dealkylation sites (N-methyl/N-ethyl adjacent to an activating group) is 1. The minimum atomic E-state index is -0.0718. The largest absolute Gasteiger partial charge is 0.495 e. The molecule has 1 aromatic carbocycles. The van der Waals surface area contributed by atoms with Crippen LogP contribution in [0.5, 0.6) is 5.75 Å². The number of hydrogen-bond donors (Lipinski definition) is 2. The van der Waals surface area contributed by atoms with Gasteiger partial charge in [0.25, 0.3) is 5.91 Å². The fourth-order valence-electron chi connectivity index (χ4n) is 3.31. The Morgan fingerprint density at radius 1 is 1.30 bits per heavy atom. The molecule has 0 aromatic heterocycles. The molecule has 2 amide bonds. The number of thioether (sulfide) groups is 1. The van der Waals surface area contributed by atoms with E-state index in [1.807, 2.05) is 16.7 Å². The van der Waals surface area contributed by atoms with Gasteiger partial charge in [-0.3, -0.25) is 9.59 Å². The molecule has 0 spiro atoms. The molecule has 2 aliphatic rings. The number of piperazine rings is 1. The number of amides is 2. The lowest BCUT2D eigenvalue weighted by Gasteiger charge is -2.32. The number of carbonyl (C=O) groups excluding carboxylic acids is 2. The van der Waals surface area contributed by atoms with E-state index in [2.05, 4.69) is 22.6 Å². The summed E-state index contributed by atoms with van der Waals surface area (Å²) in [6, 6.07) is 5.41. The van der Waals surface area contributed by atoms with Crippen molar-refractivity contribution in [2.75, 3.05) is 63.7 Å². The standard InChI is InChI=1S/C19H28N4O3S/c1-22-6-8-23(9-7-22)19(25)14-3-4-17(26-2)16(11-14)21-18(24)12-15-13-27-10-5-20-15/h3-4,11,15,20H,5-10,12-13H2,1-2H3,(H,21,24). The summed E-state index contributed by atoms with van der Waals surface area (Å²) in [6.45, 7) is 4.11. The maximum Gasteiger partial charge on any atom is 0.254 e. The van der Waals surface area contributed by atoms with E-state index in [0.717, 1.165) is 31.1 Å². The van der Waals surface area contributed by atoms with Gasteiger partial charge in [-0.05, 0) is 25.2 Å². The number of carbonyl (C=O) groups is 2. The second kappa shape index (κ2) is 9.43. The molecule has 2 fully saturated rings. The van der Waals surface area contributed by atoms with E-state index >= 15 is 0 Å². The van der Waals surface area contributed by atoms with Crippen LogP contribution in [0.2, 0.25) is 0 Å². The zero-order valence-corrected chi connectivity index (χ0v) is 16.8. The number of hydrogen-bond acceptors (Lipinski definition) is 6. The first-order valence-corrected chi connectivity index (χ1v) is 10.5. The van der Waals surface area contributed by atoms with Crippen molar-refractivity contribution in [1.29, 1.82) is 0 Å². The Bertz CT molecular complexity index is 671. The van der Waals surface area contributed by atoms with Crippen molar-refractivity contribution in [3.63, 3.8) is 0 Å². The number of nitrogens with one attached hydrogen (secondary N) is 2. The second-order valence-electron chi connectivity index (χ2n) is 6.99. The second-order valence-corrected chi connectivity index (χ2v) is 8.14. The van der Waals surface area contributed by atoms with E-state index in [0.29, 0.717) is 36.5 Å². The maximum atomic E-state index is 12.8. The number of rotatable bonds is 5. The molecule has 27 heavy (non-hydrogen) atoms. The van der Waals surface area contributed by atoms with Gasteiger partial charge in [-0.15, -0.1) is 0 Å². The highest BCUT2D eigenvalue weighted by molar-refractivity contribution is 7.99. The summed E-state index contributed by atoms with van der Waals surface area (Å²) >= 11 is 1.86. The molecule has 0 saturated carbocycles. The van der Waals surface area contributed by atoms with Crippen LogP contribution in [0, 0.1) is 0 Å². The lowest BCUT2D eigenvalue weighted by molar-refractivity contribution is -0.116. The molecule has 8 heteroatoms. The van der Waals surface area contributed by atoms with Gasteiger partial charge in [0.2, 0.25) is 5.91 Å². The molecule has 1 aromatic rings. The molecule has 2 heterocycles. The van der Waals surface area contributed by atoms with Gasteiger partial charge in [-0.25, -0.2) is 0 Å². The van der Waals surface area contributed by atoms with Crippen LogP contribution in [0.15, 0.2) is 18.2 Å². The number of nitrogens with zero attached hydrogens (tertiary/aromatic N) is 2. The first-order chi connectivity index (χ1) is 13.1. The van der Waals surface area contributed by atoms with Gasteiger partial charge >= 0.3 is 0 Å². The predicted octanol–water partition coefficient (Wildman–Crippen LogP) is 1.12. The van der Waals surface area contributed by atoms with Gasteiger partial charge in [0.05, 0.1) is 12.8 Å². The van der Waals surface area contributed by atoms with E-state index in [1.165, 1.54) is 0 Å². The van der Waals surface area contributed by atoms with Gasteiger partial charge in [0, 0.05) is 62.3 Å². The highest BCUT2D eigenvalue weighted by Gasteiger charge is 2.22. The molecule has 1 unspecified atom stereocenters. The third-order valence-corrected chi connectivity index (χ3v) is 6.07. The Hall–Kier alpha value is -1.77. The fourth-order valence-corrected chi connectivity index (χ4v) is 4.26. The van der Waals surface area contributed by atoms with Crippen molar-refractivity contribution in [2.24, 2.45) is 0 Å². The van der Waals surface area contributed by atoms with E-state index in [-0.39, 0.29) is 17.9 Å². The fraction of sp³-hybridized carbons (Fsp3) is 0.579. The Morgan fingerprint density at radius 3 is 2.74 bits per heavy atom. The smallest absolute Gasteiger partial charge is 0.254 e. The van der Waals surface area contributed by atoms with E-state index in [9.17, 15) is 9.59 Å². The van der Waals surface area contributed by atoms with Crippen LogP contribution in [0.1, 0.15) is 16.8 Å². The molecule has 0 bridgehead atoms. The molecule has 2 aliphatic heterocycles. The first-order valence-electron chi connectivity index (χ1n) is 9.33. The quantitative estimate of drug-likeness (QED) is 0.782. The van der Waals surface area contributed by atoms with Crippen LogP contribution in [0.3, 0.4) is 0 Å². The van der Waals surface area contributed by atoms with Crippen LogP contribution < -0.4 is 15.4 Å². The zero-order chi connectivity index (χ0) is 19.2. The Labute approximate surface area is 164 Å². The van der Waals surface area contributed by atoms with Gasteiger partial charge in [-0.2, -0.15) is 11.8 Å². The van der Waals surface area contributed by atoms with Gasteiger partial charge in [0.15, 0.2) is 0 Å². The predicted molar refractivity (Wildman–Crippen MR) is 109 cm³/mol. The Morgan fingerprint density at radius 2 is 2.07 bits per heavy atom. The third-order valence-electron chi connectivity index (χ3n) is 4.94. The third kappa shape index (κ3) is 5.37. The Kier molecular flexibility index (Phi) is 6.98. The molecule has 2 N–H and O–H groups in total. The highest BCUT2D eigenvalue weighted by atomic mass is 32.2. The summed E-state index contributed by atoms with van der Waals surface area (Å²) in [5.74, 6) is 2.50. The number of benzene rings is 1. The first kappa shape index (κ1) is 20.0. The maximum absolute atomic E-state index is 12.8. The summed E-state index contributed by atoms with van der Waals surface area (Å²) in [4.78, 5) is 29.3. The van der Waals surface area contributed by atoms with Crippen LogP contribution in [-0.4, -0.2) is 86.0 Å². The minimum absolute atomic E-state index is 0.00778. The van der Waals surface area contributed by atoms with Crippen molar-refractivity contribution in [3.05, 3.63) is 23.8 Å². The van der Waals surface area contributed by atoms with Gasteiger partial charge < -0.3 is 25.2 Å². The molecule has 7 nitrogen and oxygen atoms in total. The van der Waals surface area contributed by atoms with Crippen molar-refractivity contribution in [1.82, 2.24) is 15.1 Å². The number of ether oxygens (including phenoxy) is 1. The van der Waals surface area contributed by atoms with Crippen molar-refractivity contribution in [3.8, 4) is 5.75 Å². The van der Waals surface area contributed by atoms with Crippen LogP contribution in [0.25, 0.3) is 0 Å². The average Bonchev–Trinajstić information content (AvgIpc) is 2.68. The molecular formula is C19H28N4O3S. The van der Waals surface area contributed by atoms with Crippen LogP contribution >= 0.6 is 11.8 Å². The molecule has 3 rings (SSSR count). The summed E-state index contributed by atoms with van der Waals surface area (Å²) in [5, 5.41) is 6.28. The molecule has 0 aliphatic carbocycles. The summed E-state index contributed by atoms with van der Waals surface area (Å²) in [5.41, 5.74) is 1.12. The molecule has 2 saturated heterocycles. The summed E-state index contributed by atoms with van der Waals surface area (Å²) in [6.07, 6.45) is 0.410. The van der Waals surface area contributed by atoms with Crippen molar-refractivity contribution < 1.29 is 14.3 Å². The Balaban J connectivity index is 1.67. The van der Waals surface area contributed by atoms with E-state index in [1.54, 1.807) is 25.3 Å². The van der Waals surface area contributed by atoms with Gasteiger partial charge in [-0.1, -0.05) is 0 Å². The lowest BCUT2D eigenvalue weighted by atomic mass is 10.1. The summed E-state index contributed by atoms with van der Waals surface area (Å²) < 4.78 is 5.36. The molecule has 0 radical (unpaired) electrons. The van der Waals surface area contributed by atoms with Gasteiger partial charge in [0.1, 0.15) is 5.75 Å². The number of anilines is 1. The topological polar surface area (TPSA) is 73.9 Å². The van der Waals surface area contributed by atoms with Crippen LogP contribution in [-0.2, 0) is 4.79 Å². The normalized spacial score (nSPS) is 21.0. The van der Waals surface area contributed by atoms with Crippen molar-refractivity contribution >= 4 is 29.3 Å². The minimum Gasteiger partial charge on any atom is -0.495 e. The molecular weight excluding hydrogens is 364 g/mol. The van der Waals surface area contributed by atoms with Crippen molar-refractivity contribution in [2.45, 2.75) is 12.5 Å². The average molecular weight is 393 g/mol. The zero-order valence-electron chi connectivity index (χ0n) is 16.0. The lowest BCUT2D eigenvalue weighted by Crippen LogP contribution is -2.47. The molecule has 148 valence electrons. The summed E-state index contributed by atoms with van der Waals surface area (Å²) in [7, 11) is 3.62. The van der Waals surface area contributed by atoms with Crippen LogP contribution in [0.4, 0.5) is 5.69 Å². The highest BCUT2D eigenvalue weighted by Crippen LogP contribution is 2.27. The monoisotopic (exact) mass is 392 g/mol.